The van der Waals surface area contributed by atoms with Gasteiger partial charge in [0.25, 0.3) is 5.56 Å². The molecule has 39 heteroatoms. The van der Waals surface area contributed by atoms with Crippen LogP contribution in [0.4, 0.5) is 65.6 Å². The number of ether oxygens (including phenoxy) is 6. The number of aliphatic imine (C=N–C) groups is 2. The Bertz CT molecular complexity index is 6110. The second kappa shape index (κ2) is 61.5. The minimum Gasteiger partial charge on any atom is -1.00 e. The summed E-state index contributed by atoms with van der Waals surface area (Å²) in [7, 11) is 5.08. The molecule has 3 amide bonds. The molecule has 0 atom stereocenters. The number of aromatic nitrogens is 5. The molecule has 35 nitrogen and oxygen atoms in total. The van der Waals surface area contributed by atoms with Gasteiger partial charge in [-0.1, -0.05) is 142 Å². The molecule has 0 fully saturated rings. The molecule has 0 unspecified atom stereocenters. The topological polar surface area (TPSA) is 516 Å². The molecule has 680 valence electrons. The number of nitrogens with zero attached hydrogens (tertiary/aromatic N) is 6. The number of nitrogens with one attached hydrogen (secondary N) is 5. The Morgan fingerprint density at radius 3 is 1.19 bits per heavy atom. The zero-order valence-corrected chi connectivity index (χ0v) is 77.2. The van der Waals surface area contributed by atoms with Crippen molar-refractivity contribution in [3.05, 3.63) is 296 Å². The largest absolute Gasteiger partial charge is 1.00 e. The molecule has 0 saturated carbocycles. The summed E-state index contributed by atoms with van der Waals surface area (Å²) in [5, 5.41) is 8.18. The number of urea groups is 1. The van der Waals surface area contributed by atoms with Gasteiger partial charge in [0.15, 0.2) is 5.65 Å². The number of methoxy groups -OCH3 is 4. The quantitative estimate of drug-likeness (QED) is 0.00673. The van der Waals surface area contributed by atoms with Crippen molar-refractivity contribution in [2.75, 3.05) is 100 Å². The number of carbonyl (C=O) groups excluding carboxylic acids is 11. The van der Waals surface area contributed by atoms with Gasteiger partial charge >= 0.3 is 92.9 Å². The number of aromatic amines is 2. The number of fused-ring (bicyclic) bond motifs is 6. The van der Waals surface area contributed by atoms with E-state index in [1.165, 1.54) is 104 Å². The van der Waals surface area contributed by atoms with Crippen molar-refractivity contribution in [2.24, 2.45) is 9.98 Å². The fourth-order valence-corrected chi connectivity index (χ4v) is 10.7. The van der Waals surface area contributed by atoms with Gasteiger partial charge in [-0.25, -0.2) is 57.1 Å². The average Bonchev–Trinajstić information content (AvgIpc) is 1.54. The standard InChI is InChI=1S/C15H15N3O3.C14H11N3O2.C14H9N3O.C9H8ClNO3.2C9H7NO3.C6H8N2.C6H15N.2C4H8O2.CCl2O.Na.H2.H/c1-21-14(19)10-6-2-4-8-12(10)17-15(20)18-13-9-5-3-7-11(13)16;15-10-6-2-4-8-12(10)17-13(18)9-5-1-3-7-11(9)16-14(17)19;18-14-16-10-6-2-1-5-9(10)13-15-11-7-3-4-8-12(11)17(13)14;1-14-8(12)6-4-2-3-5-7(6)11-9(10)13;2*1-13-9(12)7-4-2-3-5-8(7)10-6-11;7-5-3-1-2-4-6(5)8;1-4-7(5-2)6-3;2*1-3-6-4(2)5;2-1(3)4;;;/h2-9H,16H2,1H3,(H2,17,18,20);1-8H,15H2,(H,16,19);1-8H,(H,16,18);2-5H,1H3,(H,11,13);2*2-5H,1H3;1-4H,7-8H2;4-6H2,1-3H3;2*3H2,1-2H3;;;1H;/q;;;;;;;;;;;+1;;-1/i;;;;;;;;;;;;1+1;. The second-order valence-corrected chi connectivity index (χ2v) is 26.0. The molecule has 3 heterocycles. The van der Waals surface area contributed by atoms with E-state index in [1.54, 1.807) is 170 Å². The van der Waals surface area contributed by atoms with Crippen molar-refractivity contribution in [1.82, 2.24) is 28.8 Å². The smallest absolute Gasteiger partial charge is 1.00 e. The Morgan fingerprint density at radius 2 is 0.792 bits per heavy atom. The summed E-state index contributed by atoms with van der Waals surface area (Å²) in [6.07, 6.45) is 2.74. The normalized spacial score (nSPS) is 9.50. The molecule has 3 aromatic heterocycles. The predicted octanol–water partition coefficient (Wildman–Crippen LogP) is 13.7. The van der Waals surface area contributed by atoms with Gasteiger partial charge in [-0.3, -0.25) is 24.0 Å². The molecule has 0 bridgehead atoms. The van der Waals surface area contributed by atoms with E-state index < -0.39 is 45.7 Å². The van der Waals surface area contributed by atoms with Gasteiger partial charge in [0.2, 0.25) is 12.2 Å². The average molecular weight is 1850 g/mol. The number of nitrogens with two attached hydrogens (primary N) is 4. The fraction of sp³-hybridized carbons (Fsp3) is 0.176. The first-order chi connectivity index (χ1) is 61.8. The van der Waals surface area contributed by atoms with Gasteiger partial charge < -0.3 is 83.6 Å². The van der Waals surface area contributed by atoms with Crippen LogP contribution in [-0.4, -0.2) is 154 Å². The van der Waals surface area contributed by atoms with Crippen molar-refractivity contribution < 1.29 is 114 Å². The third kappa shape index (κ3) is 38.1. The Labute approximate surface area is 786 Å². The maximum Gasteiger partial charge on any atom is 1.00 e. The van der Waals surface area contributed by atoms with Gasteiger partial charge in [-0.15, -0.1) is 0 Å². The maximum atomic E-state index is 12.4. The number of para-hydroxylation sites is 14. The summed E-state index contributed by atoms with van der Waals surface area (Å²) in [6, 6.07) is 68.4. The number of halogens is 3. The number of nitrogen functional groups attached to an aromatic ring is 4. The molecule has 13 rings (SSSR count). The van der Waals surface area contributed by atoms with E-state index >= 15 is 0 Å². The SMILES string of the molecule is CCN(CC)CC.CCOC(C)=O.CCOC(C)=O.COC(=O)c1ccccc1N=C=O.COC(=O)c1ccccc1N=C=O.COC(=O)c1ccccc1NC(=O)Cl.COC(=O)c1ccccc1NC(=O)Nc1ccccc1N.Nc1ccccc1-n1c(=O)[nH]c2ccccc2c1=O.Nc1ccccc1N.O=C(Cl)Cl.O=c1[nH]c2ccccc2c2nc3ccccc3n12.[2HH].[H-].[Na+]. The molecule has 13 N–H and O–H groups in total. The molecular formula is C91H99Cl3N15NaO20. The summed E-state index contributed by atoms with van der Waals surface area (Å²) in [6.45, 7) is 17.4. The fourth-order valence-electron chi connectivity index (χ4n) is 10.6. The monoisotopic (exact) mass is 1850 g/mol. The van der Waals surface area contributed by atoms with E-state index in [2.05, 4.69) is 118 Å². The van der Waals surface area contributed by atoms with E-state index in [1.807, 2.05) is 60.7 Å². The molecule has 0 aliphatic rings. The van der Waals surface area contributed by atoms with Gasteiger partial charge in [0, 0.05) is 20.7 Å². The summed E-state index contributed by atoms with van der Waals surface area (Å²) in [4.78, 5) is 172. The van der Waals surface area contributed by atoms with E-state index in [0.29, 0.717) is 75.3 Å². The second-order valence-electron chi connectivity index (χ2n) is 24.8. The molecule has 0 spiro atoms. The molecule has 130 heavy (non-hydrogen) atoms. The number of H-pyrrole nitrogens is 2. The van der Waals surface area contributed by atoms with E-state index in [0.717, 1.165) is 26.5 Å². The third-order valence-corrected chi connectivity index (χ3v) is 16.6. The third-order valence-electron chi connectivity index (χ3n) is 16.5. The summed E-state index contributed by atoms with van der Waals surface area (Å²) in [5.74, 6) is -2.50. The molecule has 13 aromatic rings. The van der Waals surface area contributed by atoms with Gasteiger partial charge in [0.1, 0.15) is 0 Å². The maximum absolute atomic E-state index is 12.4. The van der Waals surface area contributed by atoms with Gasteiger partial charge in [0.05, 0.1) is 148 Å². The number of carbonyl (C=O) groups is 9. The van der Waals surface area contributed by atoms with Gasteiger partial charge in [-0.05, 0) is 190 Å². The summed E-state index contributed by atoms with van der Waals surface area (Å²) < 4.78 is 28.8. The Hall–Kier alpha value is -14.9. The predicted molar refractivity (Wildman–Crippen MR) is 504 cm³/mol. The number of imidazole rings is 1. The van der Waals surface area contributed by atoms with Crippen LogP contribution in [0.2, 0.25) is 0 Å². The molecule has 0 aliphatic carbocycles. The van der Waals surface area contributed by atoms with Crippen molar-refractivity contribution in [3.8, 4) is 5.69 Å². The van der Waals surface area contributed by atoms with E-state index in [-0.39, 0.29) is 89.2 Å². The minimum absolute atomic E-state index is 0. The van der Waals surface area contributed by atoms with Crippen LogP contribution in [0.1, 0.15) is 92.8 Å². The van der Waals surface area contributed by atoms with Crippen LogP contribution in [0.5, 0.6) is 0 Å². The van der Waals surface area contributed by atoms with Crippen LogP contribution in [0, 0.1) is 0 Å². The van der Waals surface area contributed by atoms with Crippen LogP contribution in [0.15, 0.2) is 267 Å². The number of esters is 6. The molecule has 0 saturated heterocycles. The minimum atomic E-state index is -0.889. The van der Waals surface area contributed by atoms with Crippen LogP contribution >= 0.6 is 34.8 Å². The van der Waals surface area contributed by atoms with Crippen molar-refractivity contribution in [3.63, 3.8) is 0 Å². The van der Waals surface area contributed by atoms with E-state index in [9.17, 15) is 62.3 Å². The first-order valence-corrected chi connectivity index (χ1v) is 39.6. The first kappa shape index (κ1) is 111. The number of benzene rings is 10. The van der Waals surface area contributed by atoms with Crippen molar-refractivity contribution in [1.29, 1.82) is 0 Å². The van der Waals surface area contributed by atoms with E-state index in [4.69, 9.17) is 39.3 Å². The Morgan fingerprint density at radius 1 is 0.446 bits per heavy atom. The summed E-state index contributed by atoms with van der Waals surface area (Å²) >= 11 is 13.9. The zero-order chi connectivity index (χ0) is 95.9. The van der Waals surface area contributed by atoms with Crippen LogP contribution in [-0.2, 0) is 47.6 Å². The molecule has 0 radical (unpaired) electrons. The Balaban J connectivity index is 0.00000147. The number of hydrogen-bond acceptors (Lipinski definition) is 28. The first-order valence-electron chi connectivity index (χ1n) is 38.5. The number of rotatable bonds is 15. The van der Waals surface area contributed by atoms with Crippen molar-refractivity contribution >= 4 is 189 Å². The number of amides is 3. The number of hydrogen-bond donors (Lipinski definition) is 9. The van der Waals surface area contributed by atoms with Crippen LogP contribution < -0.4 is 85.4 Å². The Kier molecular flexibility index (Phi) is 52.6. The zero-order valence-electron chi connectivity index (χ0n) is 73.9. The number of isocyanates is 2. The molecular weight excluding hydrogens is 1750 g/mol. The van der Waals surface area contributed by atoms with Crippen LogP contribution in [0.3, 0.4) is 0 Å². The van der Waals surface area contributed by atoms with Gasteiger partial charge in [-0.2, -0.15) is 9.98 Å². The summed E-state index contributed by atoms with van der Waals surface area (Å²) in [5.41, 5.74) is 30.3. The molecule has 10 aromatic carbocycles. The number of anilines is 7. The van der Waals surface area contributed by atoms with Crippen LogP contribution in [0.25, 0.3) is 44.2 Å². The molecule has 0 aliphatic heterocycles. The van der Waals surface area contributed by atoms with Crippen molar-refractivity contribution in [2.45, 2.75) is 48.5 Å².